The molecule has 0 N–H and O–H groups in total. The van der Waals surface area contributed by atoms with Crippen LogP contribution in [0.1, 0.15) is 51.5 Å². The zero-order valence-corrected chi connectivity index (χ0v) is 9.86. The minimum absolute atomic E-state index is 0.267. The van der Waals surface area contributed by atoms with Crippen molar-refractivity contribution >= 4 is 0 Å². The fourth-order valence-corrected chi connectivity index (χ4v) is 3.23. The van der Waals surface area contributed by atoms with Gasteiger partial charge < -0.3 is 0 Å². The van der Waals surface area contributed by atoms with E-state index in [1.807, 2.05) is 0 Å². The van der Waals surface area contributed by atoms with E-state index in [0.29, 0.717) is 6.04 Å². The van der Waals surface area contributed by atoms with E-state index in [9.17, 15) is 0 Å². The van der Waals surface area contributed by atoms with Crippen LogP contribution in [0.4, 0.5) is 0 Å². The predicted octanol–water partition coefficient (Wildman–Crippen LogP) is 3.77. The Morgan fingerprint density at radius 1 is 1.00 bits per heavy atom. The summed E-state index contributed by atoms with van der Waals surface area (Å²) in [6.45, 7) is 1.11. The van der Waals surface area contributed by atoms with Crippen LogP contribution in [0.5, 0.6) is 0 Å². The van der Waals surface area contributed by atoms with Crippen molar-refractivity contribution in [3.8, 4) is 0 Å². The second-order valence-corrected chi connectivity index (χ2v) is 5.04. The molecule has 2 aliphatic heterocycles. The lowest BCUT2D eigenvalue weighted by Crippen LogP contribution is -2.44. The minimum Gasteiger partial charge on any atom is -0.293 e. The van der Waals surface area contributed by atoms with Crippen LogP contribution in [0.2, 0.25) is 0 Å². The molecule has 0 spiro atoms. The highest BCUT2D eigenvalue weighted by molar-refractivity contribution is 5.20. The molecule has 1 nitrogen and oxygen atoms in total. The first kappa shape index (κ1) is 9.23. The number of rotatable bonds is 1. The van der Waals surface area contributed by atoms with Crippen molar-refractivity contribution in [2.45, 2.75) is 50.6 Å². The highest BCUT2D eigenvalue weighted by atomic mass is 15.2. The van der Waals surface area contributed by atoms with Gasteiger partial charge in [0.05, 0.1) is 0 Å². The third-order valence-electron chi connectivity index (χ3n) is 4.02. The summed E-state index contributed by atoms with van der Waals surface area (Å²) in [7, 11) is 0. The van der Waals surface area contributed by atoms with Gasteiger partial charge in [-0.15, -0.1) is 0 Å². The van der Waals surface area contributed by atoms with Crippen LogP contribution >= 0.6 is 0 Å². The maximum Gasteiger partial charge on any atom is 0.0467 e. The van der Waals surface area contributed by atoms with Gasteiger partial charge in [-0.05, 0) is 44.2 Å². The fourth-order valence-electron chi connectivity index (χ4n) is 3.23. The molecule has 0 bridgehead atoms. The second-order valence-electron chi connectivity index (χ2n) is 5.04. The summed E-state index contributed by atoms with van der Waals surface area (Å²) in [6.07, 6.45) is 7.07. The van der Waals surface area contributed by atoms with E-state index in [4.69, 9.17) is 1.37 Å². The number of benzene rings is 1. The molecule has 86 valence electrons. The Hall–Kier alpha value is -0.820. The standard InChI is InChI=1S/C15H21N/c1-2-7-13(8-3-1)15-11-6-10-14-9-4-5-12-16(14)15/h1-3,7-8,14-15H,4-6,9-12H2/t14-,15-/m1/s1/i14D. The summed E-state index contributed by atoms with van der Waals surface area (Å²) < 4.78 is 8.68. The molecule has 3 rings (SSSR count). The molecule has 0 amide bonds. The van der Waals surface area contributed by atoms with Crippen LogP contribution in [0.15, 0.2) is 30.3 Å². The summed E-state index contributed by atoms with van der Waals surface area (Å²) >= 11 is 0. The first-order valence-electron chi connectivity index (χ1n) is 7.11. The summed E-state index contributed by atoms with van der Waals surface area (Å²) in [6, 6.07) is 11.0. The van der Waals surface area contributed by atoms with Gasteiger partial charge in [0.25, 0.3) is 0 Å². The smallest absolute Gasteiger partial charge is 0.0467 e. The van der Waals surface area contributed by atoms with Gasteiger partial charge in [0.15, 0.2) is 0 Å². The number of fused-ring (bicyclic) bond motifs is 1. The molecule has 2 fully saturated rings. The van der Waals surface area contributed by atoms with Gasteiger partial charge in [-0.2, -0.15) is 0 Å². The van der Waals surface area contributed by atoms with Crippen LogP contribution in [0.3, 0.4) is 0 Å². The maximum atomic E-state index is 8.68. The zero-order chi connectivity index (χ0) is 11.7. The maximum absolute atomic E-state index is 8.68. The Balaban J connectivity index is 1.89. The van der Waals surface area contributed by atoms with Crippen molar-refractivity contribution < 1.29 is 1.37 Å². The van der Waals surface area contributed by atoms with Gasteiger partial charge in [-0.1, -0.05) is 36.8 Å². The van der Waals surface area contributed by atoms with Crippen LogP contribution in [0.25, 0.3) is 0 Å². The van der Waals surface area contributed by atoms with Crippen LogP contribution in [-0.4, -0.2) is 17.5 Å². The monoisotopic (exact) mass is 216 g/mol. The molecule has 0 aromatic heterocycles. The molecule has 2 aliphatic rings. The minimum atomic E-state index is -0.267. The molecule has 1 aromatic rings. The van der Waals surface area contributed by atoms with Gasteiger partial charge in [0, 0.05) is 13.4 Å². The average molecular weight is 216 g/mol. The summed E-state index contributed by atoms with van der Waals surface area (Å²) in [4.78, 5) is 2.47. The lowest BCUT2D eigenvalue weighted by Gasteiger charge is -2.45. The first-order chi connectivity index (χ1) is 8.30. The third kappa shape index (κ3) is 1.89. The highest BCUT2D eigenvalue weighted by Gasteiger charge is 2.32. The topological polar surface area (TPSA) is 3.24 Å². The van der Waals surface area contributed by atoms with Gasteiger partial charge in [0.1, 0.15) is 0 Å². The lowest BCUT2D eigenvalue weighted by atomic mass is 9.86. The largest absolute Gasteiger partial charge is 0.293 e. The van der Waals surface area contributed by atoms with E-state index in [2.05, 4.69) is 35.2 Å². The lowest BCUT2D eigenvalue weighted by molar-refractivity contribution is 0.0518. The van der Waals surface area contributed by atoms with E-state index in [1.54, 1.807) is 0 Å². The molecule has 2 saturated heterocycles. The molecule has 0 radical (unpaired) electrons. The Kier molecular flexibility index (Phi) is 2.65. The number of piperidine rings is 2. The van der Waals surface area contributed by atoms with E-state index in [0.717, 1.165) is 19.4 Å². The molecule has 1 aromatic carbocycles. The molecular formula is C15H21N. The van der Waals surface area contributed by atoms with Crippen molar-refractivity contribution in [1.82, 2.24) is 4.90 Å². The molecule has 1 heteroatoms. The van der Waals surface area contributed by atoms with Crippen molar-refractivity contribution in [2.24, 2.45) is 0 Å². The zero-order valence-electron chi connectivity index (χ0n) is 10.9. The second kappa shape index (κ2) is 4.58. The van der Waals surface area contributed by atoms with Crippen molar-refractivity contribution in [3.63, 3.8) is 0 Å². The number of nitrogens with zero attached hydrogens (tertiary/aromatic N) is 1. The fraction of sp³-hybridized carbons (Fsp3) is 0.600. The normalized spacial score (nSPS) is 36.5. The van der Waals surface area contributed by atoms with Crippen molar-refractivity contribution in [2.75, 3.05) is 6.54 Å². The van der Waals surface area contributed by atoms with Crippen molar-refractivity contribution in [1.29, 1.82) is 0 Å². The van der Waals surface area contributed by atoms with E-state index < -0.39 is 0 Å². The quantitative estimate of drug-likeness (QED) is 0.691. The molecule has 0 aliphatic carbocycles. The molecule has 2 heterocycles. The number of hydrogen-bond acceptors (Lipinski definition) is 1. The Bertz CT molecular complexity index is 374. The van der Waals surface area contributed by atoms with E-state index in [-0.39, 0.29) is 6.02 Å². The molecule has 0 saturated carbocycles. The first-order valence-corrected chi connectivity index (χ1v) is 6.61. The highest BCUT2D eigenvalue weighted by Crippen LogP contribution is 2.38. The Morgan fingerprint density at radius 2 is 1.81 bits per heavy atom. The summed E-state index contributed by atoms with van der Waals surface area (Å²) in [5.74, 6) is 0. The van der Waals surface area contributed by atoms with Crippen LogP contribution in [-0.2, 0) is 0 Å². The van der Waals surface area contributed by atoms with Gasteiger partial charge in [-0.3, -0.25) is 4.90 Å². The molecule has 0 unspecified atom stereocenters. The Morgan fingerprint density at radius 3 is 2.69 bits per heavy atom. The predicted molar refractivity (Wildman–Crippen MR) is 67.4 cm³/mol. The molecule has 16 heavy (non-hydrogen) atoms. The molecular weight excluding hydrogens is 194 g/mol. The van der Waals surface area contributed by atoms with Gasteiger partial charge in [-0.25, -0.2) is 0 Å². The summed E-state index contributed by atoms with van der Waals surface area (Å²) in [5, 5.41) is 0. The van der Waals surface area contributed by atoms with E-state index in [1.165, 1.54) is 31.2 Å². The van der Waals surface area contributed by atoms with Gasteiger partial charge in [0.2, 0.25) is 0 Å². The Labute approximate surface area is 99.9 Å². The third-order valence-corrected chi connectivity index (χ3v) is 4.02. The SMILES string of the molecule is [2H][C@]12CCCCN1[C@@H](c1ccccc1)CCC2. The number of hydrogen-bond donors (Lipinski definition) is 0. The van der Waals surface area contributed by atoms with Crippen LogP contribution < -0.4 is 0 Å². The summed E-state index contributed by atoms with van der Waals surface area (Å²) in [5.41, 5.74) is 1.41. The van der Waals surface area contributed by atoms with Crippen molar-refractivity contribution in [3.05, 3.63) is 35.9 Å². The van der Waals surface area contributed by atoms with E-state index >= 15 is 0 Å². The van der Waals surface area contributed by atoms with Gasteiger partial charge >= 0.3 is 0 Å². The average Bonchev–Trinajstić information content (AvgIpc) is 2.38. The van der Waals surface area contributed by atoms with Crippen LogP contribution in [0, 0.1) is 0 Å². The molecule has 2 atom stereocenters.